The normalized spacial score (nSPS) is 12.9. The molecule has 0 saturated heterocycles. The van der Waals surface area contributed by atoms with Crippen LogP contribution in [0, 0.1) is 0 Å². The monoisotopic (exact) mass is 455 g/mol. The number of benzene rings is 2. The summed E-state index contributed by atoms with van der Waals surface area (Å²) >= 11 is 0. The zero-order chi connectivity index (χ0) is 23.7. The van der Waals surface area contributed by atoms with E-state index in [2.05, 4.69) is 15.3 Å². The molecule has 1 aliphatic heterocycles. The van der Waals surface area contributed by atoms with E-state index < -0.39 is 5.91 Å². The fraction of sp³-hybridized carbons (Fsp3) is 0.160. The molecular weight excluding hydrogens is 434 g/mol. The van der Waals surface area contributed by atoms with Gasteiger partial charge in [-0.25, -0.2) is 9.97 Å². The highest BCUT2D eigenvalue weighted by atomic mass is 16.5. The molecule has 9 nitrogen and oxygen atoms in total. The number of nitrogens with zero attached hydrogens (tertiary/aromatic N) is 4. The van der Waals surface area contributed by atoms with Crippen LogP contribution in [0.1, 0.15) is 37.5 Å². The number of methoxy groups -OCH3 is 1. The Morgan fingerprint density at radius 1 is 1.06 bits per heavy atom. The predicted molar refractivity (Wildman–Crippen MR) is 125 cm³/mol. The van der Waals surface area contributed by atoms with Crippen molar-refractivity contribution in [2.45, 2.75) is 6.42 Å². The van der Waals surface area contributed by atoms with Crippen molar-refractivity contribution < 1.29 is 19.1 Å². The number of rotatable bonds is 7. The first kappa shape index (κ1) is 21.5. The summed E-state index contributed by atoms with van der Waals surface area (Å²) in [6.07, 6.45) is 6.00. The van der Waals surface area contributed by atoms with Crippen LogP contribution >= 0.6 is 0 Å². The Hall–Kier alpha value is -4.37. The van der Waals surface area contributed by atoms with Gasteiger partial charge in [-0.3, -0.25) is 23.7 Å². The summed E-state index contributed by atoms with van der Waals surface area (Å²) in [5.74, 6) is -0.500. The third-order valence-corrected chi connectivity index (χ3v) is 5.64. The second-order valence-electron chi connectivity index (χ2n) is 7.85. The molecule has 3 heterocycles. The van der Waals surface area contributed by atoms with Gasteiger partial charge in [0.1, 0.15) is 0 Å². The van der Waals surface area contributed by atoms with E-state index in [4.69, 9.17) is 4.74 Å². The number of carbonyl (C=O) groups is 3. The summed E-state index contributed by atoms with van der Waals surface area (Å²) in [4.78, 5) is 47.9. The van der Waals surface area contributed by atoms with Crippen LogP contribution in [0.4, 0.5) is 5.69 Å². The largest absolute Gasteiger partial charge is 0.385 e. The van der Waals surface area contributed by atoms with Crippen LogP contribution in [0.5, 0.6) is 0 Å². The van der Waals surface area contributed by atoms with Crippen molar-refractivity contribution in [2.75, 3.05) is 25.6 Å². The quantitative estimate of drug-likeness (QED) is 0.339. The Morgan fingerprint density at radius 3 is 2.62 bits per heavy atom. The number of aromatic nitrogens is 3. The fourth-order valence-corrected chi connectivity index (χ4v) is 3.90. The molecule has 34 heavy (non-hydrogen) atoms. The molecule has 0 radical (unpaired) electrons. The molecule has 170 valence electrons. The first-order valence-electron chi connectivity index (χ1n) is 10.8. The van der Waals surface area contributed by atoms with Crippen molar-refractivity contribution in [3.63, 3.8) is 0 Å². The van der Waals surface area contributed by atoms with Gasteiger partial charge < -0.3 is 10.1 Å². The van der Waals surface area contributed by atoms with Gasteiger partial charge >= 0.3 is 0 Å². The molecule has 0 spiro atoms. The number of hydrogen-bond donors (Lipinski definition) is 1. The van der Waals surface area contributed by atoms with E-state index in [0.29, 0.717) is 35.6 Å². The highest BCUT2D eigenvalue weighted by Crippen LogP contribution is 2.25. The number of anilines is 1. The van der Waals surface area contributed by atoms with Crippen molar-refractivity contribution in [3.8, 4) is 11.3 Å². The third-order valence-electron chi connectivity index (χ3n) is 5.64. The van der Waals surface area contributed by atoms with Crippen molar-refractivity contribution in [2.24, 2.45) is 0 Å². The minimum absolute atomic E-state index is 0.242. The number of fused-ring (bicyclic) bond motifs is 2. The van der Waals surface area contributed by atoms with Crippen LogP contribution in [-0.2, 0) is 4.74 Å². The second-order valence-corrected chi connectivity index (χ2v) is 7.85. The lowest BCUT2D eigenvalue weighted by Gasteiger charge is -2.12. The van der Waals surface area contributed by atoms with Crippen LogP contribution in [0.3, 0.4) is 0 Å². The Bertz CT molecular complexity index is 1380. The lowest BCUT2D eigenvalue weighted by molar-refractivity contribution is 0.0638. The molecule has 0 fully saturated rings. The maximum atomic E-state index is 12.8. The van der Waals surface area contributed by atoms with Gasteiger partial charge in [-0.2, -0.15) is 0 Å². The minimum atomic E-state index is -0.392. The van der Waals surface area contributed by atoms with E-state index in [1.54, 1.807) is 31.5 Å². The van der Waals surface area contributed by atoms with E-state index in [0.717, 1.165) is 11.3 Å². The first-order valence-corrected chi connectivity index (χ1v) is 10.8. The number of imide groups is 1. The number of nitrogens with one attached hydrogen (secondary N) is 1. The Balaban J connectivity index is 1.30. The summed E-state index contributed by atoms with van der Waals surface area (Å²) in [6.45, 7) is 0.727. The Labute approximate surface area is 195 Å². The average Bonchev–Trinajstić information content (AvgIpc) is 3.39. The van der Waals surface area contributed by atoms with Crippen LogP contribution in [0.25, 0.3) is 17.0 Å². The van der Waals surface area contributed by atoms with Crippen LogP contribution in [0.2, 0.25) is 0 Å². The summed E-state index contributed by atoms with van der Waals surface area (Å²) in [7, 11) is 1.57. The smallest absolute Gasteiger partial charge is 0.261 e. The molecule has 0 aliphatic carbocycles. The molecule has 0 saturated carbocycles. The molecule has 0 atom stereocenters. The van der Waals surface area contributed by atoms with E-state index in [1.807, 2.05) is 35.0 Å². The van der Waals surface area contributed by atoms with E-state index in [-0.39, 0.29) is 23.9 Å². The number of amides is 3. The van der Waals surface area contributed by atoms with Gasteiger partial charge in [0.15, 0.2) is 0 Å². The third kappa shape index (κ3) is 3.93. The van der Waals surface area contributed by atoms with Gasteiger partial charge in [-0.05, 0) is 42.8 Å². The van der Waals surface area contributed by atoms with Gasteiger partial charge in [0.2, 0.25) is 5.78 Å². The van der Waals surface area contributed by atoms with Crippen molar-refractivity contribution in [3.05, 3.63) is 83.8 Å². The zero-order valence-electron chi connectivity index (χ0n) is 18.4. The van der Waals surface area contributed by atoms with Gasteiger partial charge in [0.25, 0.3) is 17.7 Å². The maximum Gasteiger partial charge on any atom is 0.261 e. The van der Waals surface area contributed by atoms with Crippen molar-refractivity contribution >= 4 is 29.2 Å². The highest BCUT2D eigenvalue weighted by molar-refractivity contribution is 6.22. The minimum Gasteiger partial charge on any atom is -0.385 e. The van der Waals surface area contributed by atoms with Gasteiger partial charge in [-0.15, -0.1) is 0 Å². The molecule has 9 heteroatoms. The maximum absolute atomic E-state index is 12.8. The molecule has 1 N–H and O–H groups in total. The fourth-order valence-electron chi connectivity index (χ4n) is 3.90. The summed E-state index contributed by atoms with van der Waals surface area (Å²) in [5, 5.41) is 2.83. The van der Waals surface area contributed by atoms with E-state index >= 15 is 0 Å². The van der Waals surface area contributed by atoms with E-state index in [1.165, 1.54) is 17.0 Å². The molecular formula is C25H21N5O4. The van der Waals surface area contributed by atoms with Crippen LogP contribution in [0.15, 0.2) is 67.1 Å². The van der Waals surface area contributed by atoms with Crippen LogP contribution in [-0.4, -0.2) is 57.3 Å². The number of ether oxygens (including phenoxy) is 1. The molecule has 3 amide bonds. The first-order chi connectivity index (χ1) is 16.5. The standard InChI is InChI=1S/C25H21N5O4/c1-34-13-3-12-30-23(32)19-9-6-17(14-20(19)24(30)33)22(31)27-18-7-4-16(5-8-18)21-15-29-11-2-10-26-25(29)28-21/h2,4-11,14-15H,3,12-13H2,1H3,(H,27,31). The highest BCUT2D eigenvalue weighted by Gasteiger charge is 2.35. The van der Waals surface area contributed by atoms with Gasteiger partial charge in [0, 0.05) is 55.7 Å². The molecule has 5 rings (SSSR count). The Kier molecular flexibility index (Phi) is 5.60. The molecule has 2 aromatic carbocycles. The Morgan fingerprint density at radius 2 is 1.85 bits per heavy atom. The van der Waals surface area contributed by atoms with E-state index in [9.17, 15) is 14.4 Å². The molecule has 2 aromatic heterocycles. The average molecular weight is 455 g/mol. The number of hydrogen-bond acceptors (Lipinski definition) is 6. The molecule has 0 unspecified atom stereocenters. The predicted octanol–water partition coefficient (Wildman–Crippen LogP) is 3.28. The van der Waals surface area contributed by atoms with Crippen LogP contribution < -0.4 is 5.32 Å². The number of carbonyl (C=O) groups excluding carboxylic acids is 3. The number of imidazole rings is 1. The van der Waals surface area contributed by atoms with Crippen molar-refractivity contribution in [1.82, 2.24) is 19.3 Å². The lowest BCUT2D eigenvalue weighted by Crippen LogP contribution is -2.31. The zero-order valence-corrected chi connectivity index (χ0v) is 18.4. The molecule has 4 aromatic rings. The SMILES string of the molecule is COCCCN1C(=O)c2ccc(C(=O)Nc3ccc(-c4cn5cccnc5n4)cc3)cc2C1=O. The van der Waals surface area contributed by atoms with Crippen molar-refractivity contribution in [1.29, 1.82) is 0 Å². The second kappa shape index (κ2) is 8.87. The summed E-state index contributed by atoms with van der Waals surface area (Å²) < 4.78 is 6.83. The summed E-state index contributed by atoms with van der Waals surface area (Å²) in [5.41, 5.74) is 3.11. The lowest BCUT2D eigenvalue weighted by atomic mass is 10.1. The topological polar surface area (TPSA) is 106 Å². The van der Waals surface area contributed by atoms with Gasteiger partial charge in [0.05, 0.1) is 16.8 Å². The molecule has 0 bridgehead atoms. The van der Waals surface area contributed by atoms with Gasteiger partial charge in [-0.1, -0.05) is 12.1 Å². The molecule has 1 aliphatic rings. The summed E-state index contributed by atoms with van der Waals surface area (Å²) in [6, 6.07) is 13.7.